The fourth-order valence-corrected chi connectivity index (χ4v) is 2.22. The molecule has 12 heavy (non-hydrogen) atoms. The molecule has 0 bridgehead atoms. The van der Waals surface area contributed by atoms with Gasteiger partial charge in [0.25, 0.3) is 0 Å². The van der Waals surface area contributed by atoms with Gasteiger partial charge in [0.1, 0.15) is 6.29 Å². The van der Waals surface area contributed by atoms with Crippen molar-refractivity contribution in [2.75, 3.05) is 6.61 Å². The summed E-state index contributed by atoms with van der Waals surface area (Å²) < 4.78 is 1.88. The highest BCUT2D eigenvalue weighted by Gasteiger charge is 2.36. The minimum atomic E-state index is -0.0878. The first kappa shape index (κ1) is 9.85. The maximum atomic E-state index is 10.6. The summed E-state index contributed by atoms with van der Waals surface area (Å²) in [5.74, 6) is 0.148. The van der Waals surface area contributed by atoms with Crippen molar-refractivity contribution in [1.82, 2.24) is 4.67 Å². The number of rotatable bonds is 3. The summed E-state index contributed by atoms with van der Waals surface area (Å²) in [6.45, 7) is 3.79. The summed E-state index contributed by atoms with van der Waals surface area (Å²) in [4.78, 5) is 10.6. The van der Waals surface area contributed by atoms with Crippen molar-refractivity contribution >= 4 is 15.7 Å². The van der Waals surface area contributed by atoms with Crippen LogP contribution in [-0.2, 0) is 4.79 Å². The van der Waals surface area contributed by atoms with Crippen LogP contribution in [-0.4, -0.2) is 34.8 Å². The second-order valence-electron chi connectivity index (χ2n) is 3.06. The molecule has 0 aliphatic carbocycles. The smallest absolute Gasteiger partial charge is 0.137 e. The Labute approximate surface area is 74.7 Å². The molecule has 0 aromatic rings. The van der Waals surface area contributed by atoms with Crippen LogP contribution in [0.25, 0.3) is 0 Å². The number of hydrogen-bond donors (Lipinski definition) is 1. The van der Waals surface area contributed by atoms with Gasteiger partial charge in [0.15, 0.2) is 0 Å². The highest BCUT2D eigenvalue weighted by molar-refractivity contribution is 7.13. The van der Waals surface area contributed by atoms with E-state index >= 15 is 0 Å². The van der Waals surface area contributed by atoms with Gasteiger partial charge in [-0.3, -0.25) is 4.67 Å². The number of carbonyl (C=O) groups is 1. The lowest BCUT2D eigenvalue weighted by Gasteiger charge is -2.20. The summed E-state index contributed by atoms with van der Waals surface area (Å²) in [5, 5.41) is 9.00. The zero-order valence-corrected chi connectivity index (χ0v) is 8.04. The van der Waals surface area contributed by atoms with Crippen molar-refractivity contribution < 1.29 is 9.90 Å². The predicted molar refractivity (Wildman–Crippen MR) is 50.6 cm³/mol. The van der Waals surface area contributed by atoms with Crippen LogP contribution in [0, 0.1) is 5.92 Å². The van der Waals surface area contributed by atoms with E-state index in [9.17, 15) is 4.79 Å². The van der Waals surface area contributed by atoms with Gasteiger partial charge in [-0.1, -0.05) is 15.5 Å². The molecule has 0 aromatic carbocycles. The number of aliphatic hydroxyl groups is 1. The van der Waals surface area contributed by atoms with Crippen molar-refractivity contribution in [2.24, 2.45) is 5.92 Å². The van der Waals surface area contributed by atoms with Crippen molar-refractivity contribution in [3.8, 4) is 0 Å². The Kier molecular flexibility index (Phi) is 3.39. The van der Waals surface area contributed by atoms with E-state index in [1.807, 2.05) is 4.67 Å². The Balaban J connectivity index is 2.70. The fourth-order valence-electron chi connectivity index (χ4n) is 1.66. The second-order valence-corrected chi connectivity index (χ2v) is 3.65. The van der Waals surface area contributed by atoms with Crippen molar-refractivity contribution in [1.29, 1.82) is 0 Å². The molecule has 0 aromatic heterocycles. The molecule has 0 spiro atoms. The number of carbonyl (C=O) groups excluding carboxylic acids is 1. The Bertz CT molecular complexity index is 186. The number of nitrogens with zero attached hydrogens (tertiary/aromatic N) is 1. The average molecular weight is 187 g/mol. The molecule has 4 atom stereocenters. The lowest BCUT2D eigenvalue weighted by atomic mass is 10.0. The SMILES string of the molecule is C=C[C@H]1[C@H](CO)C[C@H](C=O)N1P. The van der Waals surface area contributed by atoms with Crippen molar-refractivity contribution in [3.63, 3.8) is 0 Å². The third-order valence-corrected chi connectivity index (χ3v) is 3.11. The molecule has 1 saturated heterocycles. The first-order chi connectivity index (χ1) is 5.74. The van der Waals surface area contributed by atoms with Gasteiger partial charge in [0, 0.05) is 18.6 Å². The molecule has 1 fully saturated rings. The van der Waals surface area contributed by atoms with Gasteiger partial charge >= 0.3 is 0 Å². The molecule has 1 rings (SSSR count). The molecule has 1 aliphatic heterocycles. The van der Waals surface area contributed by atoms with Crippen molar-refractivity contribution in [2.45, 2.75) is 18.5 Å². The monoisotopic (exact) mass is 187 g/mol. The molecule has 0 saturated carbocycles. The van der Waals surface area contributed by atoms with Gasteiger partial charge in [-0.05, 0) is 6.42 Å². The average Bonchev–Trinajstić information content (AvgIpc) is 2.41. The van der Waals surface area contributed by atoms with Gasteiger partial charge < -0.3 is 9.90 Å². The molecule has 1 unspecified atom stereocenters. The maximum Gasteiger partial charge on any atom is 0.137 e. The Morgan fingerprint density at radius 1 is 1.75 bits per heavy atom. The normalized spacial score (nSPS) is 36.7. The van der Waals surface area contributed by atoms with Crippen LogP contribution in [0.5, 0.6) is 0 Å². The zero-order valence-electron chi connectivity index (χ0n) is 6.89. The molecule has 68 valence electrons. The largest absolute Gasteiger partial charge is 0.396 e. The molecule has 1 heterocycles. The van der Waals surface area contributed by atoms with Crippen LogP contribution in [0.3, 0.4) is 0 Å². The first-order valence-corrected chi connectivity index (χ1v) is 4.48. The number of aldehydes is 1. The molecular weight excluding hydrogens is 173 g/mol. The standard InChI is InChI=1S/C8H14NO2P/c1-2-8-6(4-10)3-7(5-11)9(8)12/h2,5-8,10H,1,3-4,12H2/t6-,7+,8-/m0/s1. The third-order valence-electron chi connectivity index (χ3n) is 2.39. The topological polar surface area (TPSA) is 40.5 Å². The number of hydrogen-bond acceptors (Lipinski definition) is 3. The van der Waals surface area contributed by atoms with E-state index in [-0.39, 0.29) is 24.6 Å². The maximum absolute atomic E-state index is 10.6. The van der Waals surface area contributed by atoms with Crippen LogP contribution in [0.15, 0.2) is 12.7 Å². The van der Waals surface area contributed by atoms with Gasteiger partial charge in [-0.25, -0.2) is 0 Å². The second kappa shape index (κ2) is 4.13. The van der Waals surface area contributed by atoms with Gasteiger partial charge in [-0.2, -0.15) is 0 Å². The molecule has 1 aliphatic rings. The summed E-state index contributed by atoms with van der Waals surface area (Å²) in [6, 6.07) is 0.0188. The van der Waals surface area contributed by atoms with E-state index < -0.39 is 0 Å². The molecule has 4 heteroatoms. The van der Waals surface area contributed by atoms with Crippen LogP contribution in [0.2, 0.25) is 0 Å². The lowest BCUT2D eigenvalue weighted by molar-refractivity contribution is -0.110. The first-order valence-electron chi connectivity index (χ1n) is 3.96. The van der Waals surface area contributed by atoms with Crippen LogP contribution >= 0.6 is 9.39 Å². The Morgan fingerprint density at radius 2 is 2.42 bits per heavy atom. The van der Waals surface area contributed by atoms with E-state index in [1.165, 1.54) is 0 Å². The van der Waals surface area contributed by atoms with Gasteiger partial charge in [0.05, 0.1) is 6.04 Å². The van der Waals surface area contributed by atoms with E-state index in [0.29, 0.717) is 0 Å². The Hall–Kier alpha value is -0.240. The highest BCUT2D eigenvalue weighted by atomic mass is 31.0. The van der Waals surface area contributed by atoms with Crippen molar-refractivity contribution in [3.05, 3.63) is 12.7 Å². The predicted octanol–water partition coefficient (Wildman–Crippen LogP) is 0.213. The van der Waals surface area contributed by atoms with E-state index in [0.717, 1.165) is 12.7 Å². The molecule has 3 nitrogen and oxygen atoms in total. The summed E-state index contributed by atoms with van der Waals surface area (Å²) >= 11 is 0. The fraction of sp³-hybridized carbons (Fsp3) is 0.625. The molecule has 0 radical (unpaired) electrons. The highest BCUT2D eigenvalue weighted by Crippen LogP contribution is 2.32. The third kappa shape index (κ3) is 1.58. The minimum absolute atomic E-state index is 0.0878. The van der Waals surface area contributed by atoms with Gasteiger partial charge in [0.2, 0.25) is 0 Å². The summed E-state index contributed by atoms with van der Waals surface area (Å²) in [6.07, 6.45) is 3.41. The van der Waals surface area contributed by atoms with E-state index in [1.54, 1.807) is 6.08 Å². The van der Waals surface area contributed by atoms with Crippen LogP contribution in [0.1, 0.15) is 6.42 Å². The molecule has 0 amide bonds. The van der Waals surface area contributed by atoms with Gasteiger partial charge in [-0.15, -0.1) is 6.58 Å². The van der Waals surface area contributed by atoms with E-state index in [2.05, 4.69) is 16.0 Å². The quantitative estimate of drug-likeness (QED) is 0.390. The number of aliphatic hydroxyl groups excluding tert-OH is 1. The van der Waals surface area contributed by atoms with Crippen LogP contribution < -0.4 is 0 Å². The molecular formula is C8H14NO2P. The summed E-state index contributed by atoms with van der Waals surface area (Å²) in [5.41, 5.74) is 0. The molecule has 1 N–H and O–H groups in total. The lowest BCUT2D eigenvalue weighted by Crippen LogP contribution is -2.28. The zero-order chi connectivity index (χ0) is 9.14. The minimum Gasteiger partial charge on any atom is -0.396 e. The summed E-state index contributed by atoms with van der Waals surface area (Å²) in [7, 11) is 2.51. The van der Waals surface area contributed by atoms with Crippen LogP contribution in [0.4, 0.5) is 0 Å². The Morgan fingerprint density at radius 3 is 2.75 bits per heavy atom. The van der Waals surface area contributed by atoms with E-state index in [4.69, 9.17) is 5.11 Å².